The summed E-state index contributed by atoms with van der Waals surface area (Å²) in [6.45, 7) is 6.24. The van der Waals surface area contributed by atoms with E-state index in [1.807, 2.05) is 6.92 Å². The average molecular weight is 338 g/mol. The van der Waals surface area contributed by atoms with Crippen molar-refractivity contribution in [3.63, 3.8) is 0 Å². The van der Waals surface area contributed by atoms with Crippen LogP contribution in [0.4, 0.5) is 0 Å². The summed E-state index contributed by atoms with van der Waals surface area (Å²) >= 11 is 7.44. The van der Waals surface area contributed by atoms with Crippen LogP contribution in [0, 0.1) is 5.92 Å². The third-order valence-corrected chi connectivity index (χ3v) is 4.16. The molecule has 3 rings (SSSR count). The van der Waals surface area contributed by atoms with Gasteiger partial charge in [-0.15, -0.1) is 10.2 Å². The molecule has 0 bridgehead atoms. The van der Waals surface area contributed by atoms with Crippen molar-refractivity contribution in [3.05, 3.63) is 29.1 Å². The molecular formula is C14H16ClN5OS. The number of pyridine rings is 1. The number of halogens is 1. The molecule has 8 heteroatoms. The Labute approximate surface area is 137 Å². The second kappa shape index (κ2) is 6.26. The minimum Gasteiger partial charge on any atom is -0.424 e. The maximum atomic E-state index is 5.92. The zero-order chi connectivity index (χ0) is 15.7. The van der Waals surface area contributed by atoms with Crippen molar-refractivity contribution in [2.45, 2.75) is 37.6 Å². The van der Waals surface area contributed by atoms with Gasteiger partial charge in [0, 0.05) is 12.6 Å². The normalized spacial score (nSPS) is 13.1. The highest BCUT2D eigenvalue weighted by atomic mass is 35.5. The Bertz CT molecular complexity index is 784. The van der Waals surface area contributed by atoms with Gasteiger partial charge in [0.2, 0.25) is 11.8 Å². The minimum atomic E-state index is 0.00412. The fraction of sp³-hybridized carbons (Fsp3) is 0.429. The maximum Gasteiger partial charge on any atom is 0.229 e. The molecule has 0 aliphatic rings. The lowest BCUT2D eigenvalue weighted by Crippen LogP contribution is -1.93. The van der Waals surface area contributed by atoms with Gasteiger partial charge in [-0.2, -0.15) is 0 Å². The van der Waals surface area contributed by atoms with Gasteiger partial charge in [-0.1, -0.05) is 37.2 Å². The lowest BCUT2D eigenvalue weighted by atomic mass is 10.1. The second-order valence-corrected chi connectivity index (χ2v) is 7.22. The molecular weight excluding hydrogens is 322 g/mol. The van der Waals surface area contributed by atoms with Crippen LogP contribution in [0.2, 0.25) is 5.02 Å². The van der Waals surface area contributed by atoms with Gasteiger partial charge < -0.3 is 9.40 Å². The number of imidazole rings is 1. The Morgan fingerprint density at radius 3 is 2.91 bits per heavy atom. The molecule has 0 radical (unpaired) electrons. The Balaban J connectivity index is 1.74. The van der Waals surface area contributed by atoms with Crippen LogP contribution in [0.25, 0.3) is 11.2 Å². The zero-order valence-corrected chi connectivity index (χ0v) is 14.1. The van der Waals surface area contributed by atoms with Gasteiger partial charge >= 0.3 is 0 Å². The van der Waals surface area contributed by atoms with Crippen LogP contribution in [0.3, 0.4) is 0 Å². The lowest BCUT2D eigenvalue weighted by Gasteiger charge is -2.03. The number of H-pyrrole nitrogens is 1. The summed E-state index contributed by atoms with van der Waals surface area (Å²) in [5, 5.41) is 9.53. The third kappa shape index (κ3) is 3.41. The molecule has 0 saturated heterocycles. The molecule has 0 fully saturated rings. The smallest absolute Gasteiger partial charge is 0.229 e. The first-order valence-corrected chi connectivity index (χ1v) is 8.27. The number of aromatic amines is 1. The van der Waals surface area contributed by atoms with Crippen LogP contribution in [0.5, 0.6) is 0 Å². The second-order valence-electron chi connectivity index (χ2n) is 5.46. The first-order chi connectivity index (χ1) is 10.5. The summed E-state index contributed by atoms with van der Waals surface area (Å²) < 4.78 is 5.70. The Kier molecular flexibility index (Phi) is 4.35. The lowest BCUT2D eigenvalue weighted by molar-refractivity contribution is 0.426. The maximum absolute atomic E-state index is 5.92. The van der Waals surface area contributed by atoms with Crippen molar-refractivity contribution in [3.8, 4) is 0 Å². The molecule has 0 aliphatic heterocycles. The predicted octanol–water partition coefficient (Wildman–Crippen LogP) is 4.05. The van der Waals surface area contributed by atoms with Crippen LogP contribution in [0.1, 0.15) is 37.8 Å². The molecule has 0 unspecified atom stereocenters. The van der Waals surface area contributed by atoms with Crippen LogP contribution >= 0.6 is 23.4 Å². The number of nitrogens with zero attached hydrogens (tertiary/aromatic N) is 4. The fourth-order valence-corrected chi connectivity index (χ4v) is 2.99. The van der Waals surface area contributed by atoms with E-state index in [-0.39, 0.29) is 5.25 Å². The van der Waals surface area contributed by atoms with E-state index in [2.05, 4.69) is 39.0 Å². The van der Waals surface area contributed by atoms with E-state index in [1.54, 1.807) is 12.3 Å². The number of aromatic nitrogens is 5. The molecule has 0 saturated carbocycles. The SMILES string of the molecule is CC(C)Cc1nnc([C@@H](C)Sc2nc3ncc(Cl)cc3[nH]2)o1. The predicted molar refractivity (Wildman–Crippen MR) is 86.0 cm³/mol. The number of rotatable bonds is 5. The summed E-state index contributed by atoms with van der Waals surface area (Å²) in [7, 11) is 0. The monoisotopic (exact) mass is 337 g/mol. The number of hydrogen-bond acceptors (Lipinski definition) is 6. The van der Waals surface area contributed by atoms with Crippen molar-refractivity contribution in [1.82, 2.24) is 25.1 Å². The summed E-state index contributed by atoms with van der Waals surface area (Å²) in [5.74, 6) is 1.77. The summed E-state index contributed by atoms with van der Waals surface area (Å²) in [4.78, 5) is 11.8. The van der Waals surface area contributed by atoms with Crippen molar-refractivity contribution >= 4 is 34.5 Å². The minimum absolute atomic E-state index is 0.00412. The van der Waals surface area contributed by atoms with E-state index in [1.165, 1.54) is 11.8 Å². The highest BCUT2D eigenvalue weighted by molar-refractivity contribution is 7.99. The standard InChI is InChI=1S/C14H16ClN5OS/c1-7(2)4-11-19-20-13(21-11)8(3)22-14-17-10-5-9(15)6-16-12(10)18-14/h5-8H,4H2,1-3H3,(H,16,17,18)/t8-/m1/s1. The molecule has 1 atom stereocenters. The first kappa shape index (κ1) is 15.3. The molecule has 3 aromatic rings. The fourth-order valence-electron chi connectivity index (χ4n) is 1.99. The molecule has 0 aliphatic carbocycles. The number of thioether (sulfide) groups is 1. The molecule has 0 spiro atoms. The molecule has 6 nitrogen and oxygen atoms in total. The number of fused-ring (bicyclic) bond motifs is 1. The van der Waals surface area contributed by atoms with Gasteiger partial charge in [-0.05, 0) is 18.9 Å². The van der Waals surface area contributed by atoms with Gasteiger partial charge in [0.1, 0.15) is 0 Å². The third-order valence-electron chi connectivity index (χ3n) is 2.98. The highest BCUT2D eigenvalue weighted by Crippen LogP contribution is 2.33. The van der Waals surface area contributed by atoms with Gasteiger partial charge in [0.05, 0.1) is 15.8 Å². The Morgan fingerprint density at radius 2 is 2.14 bits per heavy atom. The Morgan fingerprint density at radius 1 is 1.32 bits per heavy atom. The topological polar surface area (TPSA) is 80.5 Å². The van der Waals surface area contributed by atoms with Crippen molar-refractivity contribution in [2.75, 3.05) is 0 Å². The van der Waals surface area contributed by atoms with Crippen molar-refractivity contribution in [2.24, 2.45) is 5.92 Å². The van der Waals surface area contributed by atoms with E-state index in [9.17, 15) is 0 Å². The molecule has 116 valence electrons. The van der Waals surface area contributed by atoms with Crippen LogP contribution in [0.15, 0.2) is 21.8 Å². The number of nitrogens with one attached hydrogen (secondary N) is 1. The van der Waals surface area contributed by atoms with Gasteiger partial charge in [0.25, 0.3) is 0 Å². The largest absolute Gasteiger partial charge is 0.424 e. The van der Waals surface area contributed by atoms with Gasteiger partial charge in [0.15, 0.2) is 10.8 Å². The summed E-state index contributed by atoms with van der Waals surface area (Å²) in [6, 6.07) is 1.80. The molecule has 3 heterocycles. The Hall–Kier alpha value is -1.60. The zero-order valence-electron chi connectivity index (χ0n) is 12.5. The van der Waals surface area contributed by atoms with E-state index >= 15 is 0 Å². The van der Waals surface area contributed by atoms with E-state index in [0.29, 0.717) is 28.4 Å². The van der Waals surface area contributed by atoms with E-state index in [4.69, 9.17) is 16.0 Å². The van der Waals surface area contributed by atoms with Crippen molar-refractivity contribution in [1.29, 1.82) is 0 Å². The molecule has 3 aromatic heterocycles. The summed E-state index contributed by atoms with van der Waals surface area (Å²) in [6.07, 6.45) is 2.37. The molecule has 1 N–H and O–H groups in total. The van der Waals surface area contributed by atoms with Gasteiger partial charge in [-0.25, -0.2) is 9.97 Å². The summed E-state index contributed by atoms with van der Waals surface area (Å²) in [5.41, 5.74) is 1.46. The van der Waals surface area contributed by atoms with Crippen LogP contribution in [-0.2, 0) is 6.42 Å². The van der Waals surface area contributed by atoms with E-state index < -0.39 is 0 Å². The number of hydrogen-bond donors (Lipinski definition) is 1. The van der Waals surface area contributed by atoms with E-state index in [0.717, 1.165) is 17.1 Å². The molecule has 22 heavy (non-hydrogen) atoms. The van der Waals surface area contributed by atoms with Crippen LogP contribution in [-0.4, -0.2) is 25.1 Å². The van der Waals surface area contributed by atoms with Gasteiger partial charge in [-0.3, -0.25) is 0 Å². The quantitative estimate of drug-likeness (QED) is 0.707. The highest BCUT2D eigenvalue weighted by Gasteiger charge is 2.18. The van der Waals surface area contributed by atoms with Crippen molar-refractivity contribution < 1.29 is 4.42 Å². The molecule has 0 amide bonds. The average Bonchev–Trinajstić information content (AvgIpc) is 3.03. The first-order valence-electron chi connectivity index (χ1n) is 7.01. The van der Waals surface area contributed by atoms with Crippen LogP contribution < -0.4 is 0 Å². The molecule has 0 aromatic carbocycles.